The molecule has 0 bridgehead atoms. The standard InChI is InChI=1S/C20H22Cl2FN5O3S2/c1-24-6-8-27(2)18-10-13(31-3)4-5-16(18)26-17-12-15(23)19(11-14(17)21)33(29,30)28(22)20-25-7-9-32-20/h4-5,7,9-12,24,26H,6,8H2,1-3H3. The zero-order chi connectivity index (χ0) is 24.2. The topological polar surface area (TPSA) is 86.8 Å². The summed E-state index contributed by atoms with van der Waals surface area (Å²) in [5, 5.41) is 7.71. The van der Waals surface area contributed by atoms with Crippen LogP contribution in [0.2, 0.25) is 5.02 Å². The summed E-state index contributed by atoms with van der Waals surface area (Å²) < 4.78 is 46.3. The summed E-state index contributed by atoms with van der Waals surface area (Å²) in [5.41, 5.74) is 1.61. The molecule has 0 saturated carbocycles. The number of nitrogens with one attached hydrogen (secondary N) is 2. The number of nitrogens with zero attached hydrogens (tertiary/aromatic N) is 3. The molecule has 178 valence electrons. The van der Waals surface area contributed by atoms with E-state index >= 15 is 0 Å². The fourth-order valence-corrected chi connectivity index (χ4v) is 5.45. The maximum Gasteiger partial charge on any atom is 0.283 e. The van der Waals surface area contributed by atoms with Gasteiger partial charge in [0.1, 0.15) is 16.5 Å². The number of methoxy groups -OCH3 is 1. The van der Waals surface area contributed by atoms with Crippen LogP contribution in [-0.4, -0.2) is 47.7 Å². The molecule has 0 unspecified atom stereocenters. The lowest BCUT2D eigenvalue weighted by Crippen LogP contribution is -2.27. The lowest BCUT2D eigenvalue weighted by atomic mass is 10.2. The highest BCUT2D eigenvalue weighted by Gasteiger charge is 2.30. The Labute approximate surface area is 206 Å². The van der Waals surface area contributed by atoms with E-state index in [1.807, 2.05) is 25.1 Å². The summed E-state index contributed by atoms with van der Waals surface area (Å²) in [6.45, 7) is 1.43. The van der Waals surface area contributed by atoms with Crippen LogP contribution < -0.4 is 24.1 Å². The number of benzene rings is 2. The van der Waals surface area contributed by atoms with Gasteiger partial charge in [0.15, 0.2) is 0 Å². The van der Waals surface area contributed by atoms with Crippen molar-refractivity contribution in [2.24, 2.45) is 0 Å². The highest BCUT2D eigenvalue weighted by atomic mass is 35.5. The van der Waals surface area contributed by atoms with Crippen LogP contribution in [-0.2, 0) is 10.0 Å². The molecule has 2 N–H and O–H groups in total. The predicted octanol–water partition coefficient (Wildman–Crippen LogP) is 4.69. The molecule has 0 amide bonds. The van der Waals surface area contributed by atoms with Crippen LogP contribution >= 0.6 is 34.7 Å². The number of sulfonamides is 1. The first-order valence-corrected chi connectivity index (χ1v) is 12.6. The molecule has 13 heteroatoms. The lowest BCUT2D eigenvalue weighted by molar-refractivity contribution is 0.415. The molecule has 0 aliphatic heterocycles. The zero-order valence-electron chi connectivity index (χ0n) is 18.0. The van der Waals surface area contributed by atoms with Crippen LogP contribution in [0.3, 0.4) is 0 Å². The molecule has 8 nitrogen and oxygen atoms in total. The van der Waals surface area contributed by atoms with E-state index in [1.54, 1.807) is 24.6 Å². The van der Waals surface area contributed by atoms with E-state index in [1.165, 1.54) is 6.20 Å². The number of hydrogen-bond acceptors (Lipinski definition) is 8. The first-order chi connectivity index (χ1) is 15.7. The fraction of sp³-hybridized carbons (Fsp3) is 0.250. The predicted molar refractivity (Wildman–Crippen MR) is 133 cm³/mol. The molecular formula is C20H22Cl2FN5O3S2. The first kappa shape index (κ1) is 25.3. The number of thiazole rings is 1. The molecule has 1 aromatic heterocycles. The van der Waals surface area contributed by atoms with Crippen LogP contribution in [0.5, 0.6) is 5.75 Å². The Morgan fingerprint density at radius 2 is 2.00 bits per heavy atom. The Morgan fingerprint density at radius 1 is 1.24 bits per heavy atom. The summed E-state index contributed by atoms with van der Waals surface area (Å²) >= 11 is 13.3. The largest absolute Gasteiger partial charge is 0.497 e. The van der Waals surface area contributed by atoms with Gasteiger partial charge in [0, 0.05) is 55.6 Å². The van der Waals surface area contributed by atoms with E-state index in [4.69, 9.17) is 28.1 Å². The van der Waals surface area contributed by atoms with Gasteiger partial charge < -0.3 is 20.3 Å². The van der Waals surface area contributed by atoms with Crippen LogP contribution in [0.1, 0.15) is 0 Å². The normalized spacial score (nSPS) is 11.3. The molecular weight excluding hydrogens is 512 g/mol. The summed E-state index contributed by atoms with van der Waals surface area (Å²) in [7, 11) is 0.909. The second-order valence-electron chi connectivity index (χ2n) is 6.83. The molecule has 3 aromatic rings. The van der Waals surface area contributed by atoms with Crippen molar-refractivity contribution < 1.29 is 17.5 Å². The van der Waals surface area contributed by atoms with E-state index < -0.39 is 20.7 Å². The molecule has 0 aliphatic carbocycles. The third kappa shape index (κ3) is 5.61. The van der Waals surface area contributed by atoms with Gasteiger partial charge in [-0.15, -0.1) is 15.2 Å². The Balaban J connectivity index is 1.96. The minimum Gasteiger partial charge on any atom is -0.497 e. The molecule has 0 fully saturated rings. The molecule has 0 atom stereocenters. The quantitative estimate of drug-likeness (QED) is 0.365. The van der Waals surface area contributed by atoms with E-state index in [0.717, 1.165) is 35.7 Å². The number of rotatable bonds is 10. The van der Waals surface area contributed by atoms with Crippen molar-refractivity contribution in [3.8, 4) is 5.75 Å². The van der Waals surface area contributed by atoms with Crippen molar-refractivity contribution in [1.82, 2.24) is 10.3 Å². The number of aromatic nitrogens is 1. The van der Waals surface area contributed by atoms with Crippen molar-refractivity contribution in [2.45, 2.75) is 4.90 Å². The smallest absolute Gasteiger partial charge is 0.283 e. The van der Waals surface area contributed by atoms with Gasteiger partial charge in [0.05, 0.1) is 29.2 Å². The maximum absolute atomic E-state index is 15.0. The van der Waals surface area contributed by atoms with Crippen LogP contribution in [0.15, 0.2) is 46.8 Å². The molecule has 3 rings (SSSR count). The second kappa shape index (κ2) is 10.7. The minimum absolute atomic E-state index is 0.00109. The summed E-state index contributed by atoms with van der Waals surface area (Å²) in [6, 6.07) is 7.39. The lowest BCUT2D eigenvalue weighted by Gasteiger charge is -2.24. The highest BCUT2D eigenvalue weighted by molar-refractivity contribution is 7.94. The van der Waals surface area contributed by atoms with Crippen LogP contribution in [0.4, 0.5) is 26.6 Å². The molecule has 0 radical (unpaired) electrons. The Bertz CT molecular complexity index is 1210. The van der Waals surface area contributed by atoms with Gasteiger partial charge in [0.2, 0.25) is 5.13 Å². The van der Waals surface area contributed by atoms with Crippen LogP contribution in [0, 0.1) is 5.82 Å². The van der Waals surface area contributed by atoms with E-state index in [-0.39, 0.29) is 15.8 Å². The fourth-order valence-electron chi connectivity index (χ4n) is 2.92. The van der Waals surface area contributed by atoms with Crippen molar-refractivity contribution in [1.29, 1.82) is 0 Å². The number of hydrogen-bond donors (Lipinski definition) is 2. The van der Waals surface area contributed by atoms with Gasteiger partial charge in [0.25, 0.3) is 10.0 Å². The van der Waals surface area contributed by atoms with E-state index in [2.05, 4.69) is 15.6 Å². The van der Waals surface area contributed by atoms with Gasteiger partial charge >= 0.3 is 0 Å². The average molecular weight is 534 g/mol. The van der Waals surface area contributed by atoms with Crippen molar-refractivity contribution in [3.05, 3.63) is 52.7 Å². The number of ether oxygens (including phenoxy) is 1. The summed E-state index contributed by atoms with van der Waals surface area (Å²) in [6.07, 6.45) is 1.39. The highest BCUT2D eigenvalue weighted by Crippen LogP contribution is 2.37. The average Bonchev–Trinajstić information content (AvgIpc) is 3.34. The Hall–Kier alpha value is -2.31. The minimum atomic E-state index is -4.42. The molecule has 0 aliphatic rings. The number of anilines is 4. The monoisotopic (exact) mass is 533 g/mol. The Kier molecular flexibility index (Phi) is 8.24. The molecule has 2 aromatic carbocycles. The van der Waals surface area contributed by atoms with Gasteiger partial charge in [-0.3, -0.25) is 0 Å². The van der Waals surface area contributed by atoms with Crippen LogP contribution in [0.25, 0.3) is 0 Å². The molecule has 0 spiro atoms. The SMILES string of the molecule is CNCCN(C)c1cc(OC)ccc1Nc1cc(F)c(S(=O)(=O)N(Cl)c2nccs2)cc1Cl. The summed E-state index contributed by atoms with van der Waals surface area (Å²) in [5.74, 6) is -0.363. The third-order valence-electron chi connectivity index (χ3n) is 4.66. The number of likely N-dealkylation sites (N-methyl/N-ethyl adjacent to an activating group) is 2. The molecule has 1 heterocycles. The van der Waals surface area contributed by atoms with Crippen molar-refractivity contribution >= 4 is 66.9 Å². The number of halogens is 3. The van der Waals surface area contributed by atoms with Crippen molar-refractivity contribution in [3.63, 3.8) is 0 Å². The second-order valence-corrected chi connectivity index (χ2v) is 10.4. The van der Waals surface area contributed by atoms with Gasteiger partial charge in [-0.05, 0) is 25.2 Å². The van der Waals surface area contributed by atoms with Gasteiger partial charge in [-0.25, -0.2) is 9.37 Å². The van der Waals surface area contributed by atoms with Gasteiger partial charge in [-0.2, -0.15) is 8.42 Å². The van der Waals surface area contributed by atoms with E-state index in [9.17, 15) is 12.8 Å². The maximum atomic E-state index is 15.0. The summed E-state index contributed by atoms with van der Waals surface area (Å²) in [4.78, 5) is 5.17. The third-order valence-corrected chi connectivity index (χ3v) is 8.12. The molecule has 33 heavy (non-hydrogen) atoms. The van der Waals surface area contributed by atoms with E-state index in [0.29, 0.717) is 21.8 Å². The van der Waals surface area contributed by atoms with Gasteiger partial charge in [-0.1, -0.05) is 11.6 Å². The first-order valence-electron chi connectivity index (χ1n) is 9.59. The van der Waals surface area contributed by atoms with Crippen molar-refractivity contribution in [2.75, 3.05) is 48.3 Å². The molecule has 0 saturated heterocycles. The zero-order valence-corrected chi connectivity index (χ0v) is 21.1. The Morgan fingerprint density at radius 3 is 2.64 bits per heavy atom.